The van der Waals surface area contributed by atoms with Crippen molar-refractivity contribution in [2.75, 3.05) is 0 Å². The van der Waals surface area contributed by atoms with Gasteiger partial charge in [-0.1, -0.05) is 54.1 Å². The van der Waals surface area contributed by atoms with Crippen LogP contribution in [0.2, 0.25) is 5.02 Å². The molecule has 6 heteroatoms. The second-order valence-corrected chi connectivity index (χ2v) is 5.84. The Labute approximate surface area is 143 Å². The number of nitrogens with one attached hydrogen (secondary N) is 1. The van der Waals surface area contributed by atoms with Gasteiger partial charge in [0.05, 0.1) is 6.04 Å². The van der Waals surface area contributed by atoms with Crippen LogP contribution in [0.4, 0.5) is 0 Å². The zero-order valence-electron chi connectivity index (χ0n) is 11.9. The lowest BCUT2D eigenvalue weighted by molar-refractivity contribution is 0.0684. The normalized spacial score (nSPS) is 12.0. The van der Waals surface area contributed by atoms with Crippen molar-refractivity contribution >= 4 is 29.8 Å². The molecule has 1 unspecified atom stereocenters. The molecule has 0 aliphatic heterocycles. The van der Waals surface area contributed by atoms with E-state index < -0.39 is 5.97 Å². The van der Waals surface area contributed by atoms with Crippen molar-refractivity contribution < 1.29 is 9.90 Å². The number of halogens is 1. The number of aromatic nitrogens is 2. The van der Waals surface area contributed by atoms with Gasteiger partial charge in [-0.3, -0.25) is 4.57 Å². The summed E-state index contributed by atoms with van der Waals surface area (Å²) >= 11 is 11.3. The van der Waals surface area contributed by atoms with Crippen LogP contribution < -0.4 is 0 Å². The molecule has 0 fully saturated rings. The highest BCUT2D eigenvalue weighted by molar-refractivity contribution is 7.71. The summed E-state index contributed by atoms with van der Waals surface area (Å²) in [6, 6.07) is 16.6. The predicted molar refractivity (Wildman–Crippen MR) is 91.7 cm³/mol. The van der Waals surface area contributed by atoms with Crippen LogP contribution in [0.25, 0.3) is 0 Å². The number of aromatic amines is 1. The Morgan fingerprint density at radius 1 is 1.09 bits per heavy atom. The monoisotopic (exact) mass is 344 g/mol. The summed E-state index contributed by atoms with van der Waals surface area (Å²) in [5.41, 5.74) is 1.95. The first-order chi connectivity index (χ1) is 11.1. The molecule has 1 heterocycles. The van der Waals surface area contributed by atoms with Crippen LogP contribution in [0, 0.1) is 4.77 Å². The molecular weight excluding hydrogens is 332 g/mol. The summed E-state index contributed by atoms with van der Waals surface area (Å²) in [7, 11) is 0. The molecule has 0 amide bonds. The maximum absolute atomic E-state index is 11.5. The molecule has 1 aromatic heterocycles. The summed E-state index contributed by atoms with van der Waals surface area (Å²) in [6.07, 6.45) is 1.41. The zero-order valence-corrected chi connectivity index (χ0v) is 13.5. The third-order valence-corrected chi connectivity index (χ3v) is 4.16. The average molecular weight is 345 g/mol. The van der Waals surface area contributed by atoms with Crippen molar-refractivity contribution in [1.82, 2.24) is 9.55 Å². The van der Waals surface area contributed by atoms with Gasteiger partial charge in [-0.15, -0.1) is 0 Å². The van der Waals surface area contributed by atoms with Gasteiger partial charge in [0.15, 0.2) is 4.77 Å². The highest BCUT2D eigenvalue weighted by atomic mass is 35.5. The minimum absolute atomic E-state index is 0.110. The van der Waals surface area contributed by atoms with E-state index in [1.807, 2.05) is 42.5 Å². The molecule has 0 radical (unpaired) electrons. The number of hydrogen-bond donors (Lipinski definition) is 2. The molecule has 3 rings (SSSR count). The fraction of sp³-hybridized carbons (Fsp3) is 0.0588. The number of aromatic carboxylic acids is 1. The van der Waals surface area contributed by atoms with Crippen molar-refractivity contribution in [1.29, 1.82) is 0 Å². The minimum Gasteiger partial charge on any atom is -0.477 e. The molecule has 0 bridgehead atoms. The lowest BCUT2D eigenvalue weighted by Crippen LogP contribution is -2.17. The van der Waals surface area contributed by atoms with Crippen LogP contribution in [-0.4, -0.2) is 20.6 Å². The Bertz CT molecular complexity index is 885. The van der Waals surface area contributed by atoms with E-state index >= 15 is 0 Å². The Morgan fingerprint density at radius 3 is 2.30 bits per heavy atom. The second-order valence-electron chi connectivity index (χ2n) is 5.02. The van der Waals surface area contributed by atoms with Gasteiger partial charge in [-0.25, -0.2) is 4.79 Å². The Balaban J connectivity index is 2.25. The van der Waals surface area contributed by atoms with E-state index in [0.29, 0.717) is 9.79 Å². The Kier molecular flexibility index (Phi) is 4.32. The molecule has 1 atom stereocenters. The molecular formula is C17H13ClN2O2S. The number of imidazole rings is 1. The highest BCUT2D eigenvalue weighted by Crippen LogP contribution is 2.29. The molecule has 0 spiro atoms. The molecule has 0 saturated carbocycles. The quantitative estimate of drug-likeness (QED) is 0.683. The third-order valence-electron chi connectivity index (χ3n) is 3.59. The first-order valence-corrected chi connectivity index (χ1v) is 7.70. The van der Waals surface area contributed by atoms with Crippen molar-refractivity contribution in [2.45, 2.75) is 6.04 Å². The van der Waals surface area contributed by atoms with E-state index in [1.54, 1.807) is 16.7 Å². The number of carboxylic acids is 1. The van der Waals surface area contributed by atoms with Crippen molar-refractivity contribution in [3.63, 3.8) is 0 Å². The van der Waals surface area contributed by atoms with Crippen molar-refractivity contribution in [3.05, 3.63) is 87.4 Å². The van der Waals surface area contributed by atoms with Gasteiger partial charge in [0, 0.05) is 11.2 Å². The van der Waals surface area contributed by atoms with E-state index in [4.69, 9.17) is 23.8 Å². The summed E-state index contributed by atoms with van der Waals surface area (Å²) < 4.78 is 1.96. The fourth-order valence-corrected chi connectivity index (χ4v) is 2.96. The largest absolute Gasteiger partial charge is 0.477 e. The van der Waals surface area contributed by atoms with Crippen molar-refractivity contribution in [2.24, 2.45) is 0 Å². The van der Waals surface area contributed by atoms with Crippen molar-refractivity contribution in [3.8, 4) is 0 Å². The number of nitrogens with zero attached hydrogens (tertiary/aromatic N) is 1. The van der Waals surface area contributed by atoms with Crippen LogP contribution in [0.15, 0.2) is 60.8 Å². The standard InChI is InChI=1S/C17H13ClN2O2S/c18-13-8-6-12(7-9-13)15(11-4-2-1-3-5-11)20-14(16(21)22)10-19-17(20)23/h1-10,15H,(H,19,23)(H,21,22). The number of hydrogen-bond acceptors (Lipinski definition) is 2. The molecule has 3 aromatic rings. The zero-order chi connectivity index (χ0) is 16.4. The predicted octanol–water partition coefficient (Wildman–Crippen LogP) is 4.53. The van der Waals surface area contributed by atoms with Crippen LogP contribution in [0.5, 0.6) is 0 Å². The molecule has 0 aliphatic rings. The van der Waals surface area contributed by atoms with E-state index in [9.17, 15) is 9.90 Å². The van der Waals surface area contributed by atoms with Crippen LogP contribution in [0.3, 0.4) is 0 Å². The summed E-state index contributed by atoms with van der Waals surface area (Å²) in [6.45, 7) is 0. The topological polar surface area (TPSA) is 58.0 Å². The van der Waals surface area contributed by atoms with E-state index in [1.165, 1.54) is 6.20 Å². The second kappa shape index (κ2) is 6.40. The van der Waals surface area contributed by atoms with Gasteiger partial charge in [0.1, 0.15) is 5.69 Å². The third kappa shape index (κ3) is 3.06. The first-order valence-electron chi connectivity index (χ1n) is 6.91. The van der Waals surface area contributed by atoms with Gasteiger partial charge >= 0.3 is 5.97 Å². The van der Waals surface area contributed by atoms with Crippen LogP contribution in [-0.2, 0) is 0 Å². The summed E-state index contributed by atoms with van der Waals surface area (Å²) in [5.74, 6) is -1.03. The number of H-pyrrole nitrogens is 1. The van der Waals surface area contributed by atoms with E-state index in [0.717, 1.165) is 11.1 Å². The fourth-order valence-electron chi connectivity index (χ4n) is 2.57. The Morgan fingerprint density at radius 2 is 1.70 bits per heavy atom. The lowest BCUT2D eigenvalue weighted by Gasteiger charge is -2.21. The number of carbonyl (C=O) groups is 1. The minimum atomic E-state index is -1.03. The molecule has 4 nitrogen and oxygen atoms in total. The average Bonchev–Trinajstić information content (AvgIpc) is 2.93. The maximum Gasteiger partial charge on any atom is 0.354 e. The SMILES string of the molecule is O=C(O)c1c[nH]c(=S)n1C(c1ccccc1)c1ccc(Cl)cc1. The molecule has 23 heavy (non-hydrogen) atoms. The van der Waals surface area contributed by atoms with Gasteiger partial charge in [-0.05, 0) is 35.5 Å². The van der Waals surface area contributed by atoms with Gasteiger partial charge in [0.25, 0.3) is 0 Å². The van der Waals surface area contributed by atoms with Gasteiger partial charge < -0.3 is 10.1 Å². The number of rotatable bonds is 4. The molecule has 2 aromatic carbocycles. The first kappa shape index (κ1) is 15.5. The molecule has 0 aliphatic carbocycles. The highest BCUT2D eigenvalue weighted by Gasteiger charge is 2.22. The van der Waals surface area contributed by atoms with Gasteiger partial charge in [-0.2, -0.15) is 0 Å². The maximum atomic E-state index is 11.5. The van der Waals surface area contributed by atoms with E-state index in [2.05, 4.69) is 4.98 Å². The van der Waals surface area contributed by atoms with Gasteiger partial charge in [0.2, 0.25) is 0 Å². The summed E-state index contributed by atoms with van der Waals surface area (Å²) in [5, 5.41) is 10.1. The van der Waals surface area contributed by atoms with Crippen LogP contribution >= 0.6 is 23.8 Å². The number of benzene rings is 2. The van der Waals surface area contributed by atoms with E-state index in [-0.39, 0.29) is 11.7 Å². The summed E-state index contributed by atoms with van der Waals surface area (Å²) in [4.78, 5) is 14.4. The molecule has 116 valence electrons. The number of carboxylic acid groups (broad SMARTS) is 1. The molecule has 2 N–H and O–H groups in total. The smallest absolute Gasteiger partial charge is 0.354 e. The Hall–Kier alpha value is -2.37. The lowest BCUT2D eigenvalue weighted by atomic mass is 9.98. The van der Waals surface area contributed by atoms with Crippen LogP contribution in [0.1, 0.15) is 27.7 Å². The molecule has 0 saturated heterocycles.